The van der Waals surface area contributed by atoms with Gasteiger partial charge >= 0.3 is 0 Å². The van der Waals surface area contributed by atoms with Crippen LogP contribution in [0.2, 0.25) is 0 Å². The van der Waals surface area contributed by atoms with Gasteiger partial charge in [0, 0.05) is 4.47 Å². The molecule has 1 unspecified atom stereocenters. The lowest BCUT2D eigenvalue weighted by molar-refractivity contribution is 0.584. The third-order valence-corrected chi connectivity index (χ3v) is 3.97. The summed E-state index contributed by atoms with van der Waals surface area (Å²) in [5.41, 5.74) is 3.43. The molecule has 2 aromatic carbocycles. The van der Waals surface area contributed by atoms with Crippen LogP contribution in [0.1, 0.15) is 43.0 Å². The monoisotopic (exact) mass is 349 g/mol. The van der Waals surface area contributed by atoms with E-state index < -0.39 is 0 Å². The van der Waals surface area contributed by atoms with Gasteiger partial charge in [-0.2, -0.15) is 0 Å². The molecule has 2 aromatic rings. The molecule has 112 valence electrons. The molecular formula is C18H21BrFN. The predicted octanol–water partition coefficient (Wildman–Crippen LogP) is 5.24. The van der Waals surface area contributed by atoms with Crippen LogP contribution in [-0.2, 0) is 6.42 Å². The summed E-state index contributed by atoms with van der Waals surface area (Å²) in [4.78, 5) is 0. The lowest BCUT2D eigenvalue weighted by atomic mass is 9.96. The second-order valence-electron chi connectivity index (χ2n) is 5.19. The summed E-state index contributed by atoms with van der Waals surface area (Å²) in [6.45, 7) is 5.18. The maximum atomic E-state index is 13.7. The summed E-state index contributed by atoms with van der Waals surface area (Å²) in [5, 5.41) is 3.52. The zero-order valence-corrected chi connectivity index (χ0v) is 14.1. The average molecular weight is 350 g/mol. The van der Waals surface area contributed by atoms with Gasteiger partial charge in [0.2, 0.25) is 0 Å². The average Bonchev–Trinajstić information content (AvgIpc) is 2.47. The smallest absolute Gasteiger partial charge is 0.124 e. The molecular weight excluding hydrogens is 329 g/mol. The quantitative estimate of drug-likeness (QED) is 0.751. The van der Waals surface area contributed by atoms with Crippen LogP contribution in [0.5, 0.6) is 0 Å². The predicted molar refractivity (Wildman–Crippen MR) is 90.1 cm³/mol. The van der Waals surface area contributed by atoms with E-state index in [2.05, 4.69) is 59.4 Å². The van der Waals surface area contributed by atoms with Gasteiger partial charge in [0.1, 0.15) is 5.82 Å². The van der Waals surface area contributed by atoms with E-state index in [1.54, 1.807) is 6.07 Å². The highest BCUT2D eigenvalue weighted by molar-refractivity contribution is 9.10. The van der Waals surface area contributed by atoms with E-state index in [1.165, 1.54) is 17.2 Å². The highest BCUT2D eigenvalue weighted by atomic mass is 79.9. The number of benzene rings is 2. The van der Waals surface area contributed by atoms with Gasteiger partial charge in [0.25, 0.3) is 0 Å². The Morgan fingerprint density at radius 2 is 1.90 bits per heavy atom. The summed E-state index contributed by atoms with van der Waals surface area (Å²) in [5.74, 6) is -0.214. The molecule has 1 nitrogen and oxygen atoms in total. The molecule has 0 aromatic heterocycles. The fraction of sp³-hybridized carbons (Fsp3) is 0.333. The fourth-order valence-corrected chi connectivity index (χ4v) is 2.93. The van der Waals surface area contributed by atoms with Gasteiger partial charge in [-0.25, -0.2) is 4.39 Å². The van der Waals surface area contributed by atoms with Gasteiger partial charge in [-0.1, -0.05) is 54.0 Å². The molecule has 0 amide bonds. The molecule has 0 saturated heterocycles. The van der Waals surface area contributed by atoms with Crippen LogP contribution >= 0.6 is 15.9 Å². The van der Waals surface area contributed by atoms with Gasteiger partial charge in [0.05, 0.1) is 6.04 Å². The molecule has 1 atom stereocenters. The van der Waals surface area contributed by atoms with E-state index in [-0.39, 0.29) is 11.9 Å². The Morgan fingerprint density at radius 1 is 1.10 bits per heavy atom. The van der Waals surface area contributed by atoms with Crippen molar-refractivity contribution < 1.29 is 4.39 Å². The van der Waals surface area contributed by atoms with Gasteiger partial charge in [-0.05, 0) is 54.3 Å². The maximum Gasteiger partial charge on any atom is 0.124 e. The van der Waals surface area contributed by atoms with E-state index in [4.69, 9.17) is 0 Å². The van der Waals surface area contributed by atoms with Crippen molar-refractivity contribution in [2.75, 3.05) is 6.54 Å². The number of aryl methyl sites for hydroxylation is 1. The largest absolute Gasteiger partial charge is 0.306 e. The Labute approximate surface area is 134 Å². The number of hydrogen-bond acceptors (Lipinski definition) is 1. The maximum absolute atomic E-state index is 13.7. The van der Waals surface area contributed by atoms with Crippen LogP contribution in [0.3, 0.4) is 0 Å². The van der Waals surface area contributed by atoms with Crippen molar-refractivity contribution in [1.29, 1.82) is 0 Å². The second kappa shape index (κ2) is 7.71. The van der Waals surface area contributed by atoms with Crippen molar-refractivity contribution in [3.8, 4) is 0 Å². The van der Waals surface area contributed by atoms with Crippen LogP contribution in [0, 0.1) is 5.82 Å². The molecule has 3 heteroatoms. The molecule has 2 rings (SSSR count). The highest BCUT2D eigenvalue weighted by Gasteiger charge is 2.15. The van der Waals surface area contributed by atoms with E-state index in [9.17, 15) is 4.39 Å². The minimum absolute atomic E-state index is 0.0171. The Balaban J connectivity index is 2.41. The van der Waals surface area contributed by atoms with Crippen LogP contribution in [0.15, 0.2) is 46.9 Å². The minimum Gasteiger partial charge on any atom is -0.306 e. The lowest BCUT2D eigenvalue weighted by Gasteiger charge is -2.20. The third-order valence-electron chi connectivity index (χ3n) is 3.51. The van der Waals surface area contributed by atoms with Crippen molar-refractivity contribution in [2.45, 2.75) is 32.7 Å². The Morgan fingerprint density at radius 3 is 2.57 bits per heavy atom. The number of hydrogen-bond donors (Lipinski definition) is 1. The Kier molecular flexibility index (Phi) is 5.95. The molecule has 21 heavy (non-hydrogen) atoms. The first-order valence-corrected chi connectivity index (χ1v) is 8.21. The Bertz CT molecular complexity index is 577. The molecule has 0 saturated carbocycles. The van der Waals surface area contributed by atoms with Crippen molar-refractivity contribution in [2.24, 2.45) is 0 Å². The summed E-state index contributed by atoms with van der Waals surface area (Å²) < 4.78 is 14.5. The third kappa shape index (κ3) is 4.39. The van der Waals surface area contributed by atoms with E-state index in [0.717, 1.165) is 29.4 Å². The molecule has 0 aliphatic rings. The van der Waals surface area contributed by atoms with Crippen molar-refractivity contribution in [1.82, 2.24) is 5.32 Å². The summed E-state index contributed by atoms with van der Waals surface area (Å²) in [6.07, 6.45) is 2.04. The standard InChI is InChI=1S/C18H21BrFN/c1-3-8-21-18(14-7-5-6-13(4-2)9-14)15-10-16(19)12-17(20)11-15/h5-7,9-12,18,21H,3-4,8H2,1-2H3. The summed E-state index contributed by atoms with van der Waals surface area (Å²) in [7, 11) is 0. The van der Waals surface area contributed by atoms with Crippen molar-refractivity contribution in [3.63, 3.8) is 0 Å². The van der Waals surface area contributed by atoms with Crippen LogP contribution in [-0.4, -0.2) is 6.54 Å². The minimum atomic E-state index is -0.214. The normalized spacial score (nSPS) is 12.4. The zero-order chi connectivity index (χ0) is 15.2. The number of nitrogens with one attached hydrogen (secondary N) is 1. The molecule has 0 fully saturated rings. The number of rotatable bonds is 6. The van der Waals surface area contributed by atoms with Crippen LogP contribution in [0.4, 0.5) is 4.39 Å². The van der Waals surface area contributed by atoms with Gasteiger partial charge in [-0.3, -0.25) is 0 Å². The number of halogens is 2. The van der Waals surface area contributed by atoms with E-state index in [0.29, 0.717) is 0 Å². The Hall–Kier alpha value is -1.19. The van der Waals surface area contributed by atoms with Crippen molar-refractivity contribution >= 4 is 15.9 Å². The first kappa shape index (κ1) is 16.2. The zero-order valence-electron chi connectivity index (χ0n) is 12.5. The van der Waals surface area contributed by atoms with Gasteiger partial charge < -0.3 is 5.32 Å². The van der Waals surface area contributed by atoms with Crippen LogP contribution in [0.25, 0.3) is 0 Å². The molecule has 1 N–H and O–H groups in total. The molecule has 0 radical (unpaired) electrons. The second-order valence-corrected chi connectivity index (χ2v) is 6.10. The first-order valence-electron chi connectivity index (χ1n) is 7.42. The topological polar surface area (TPSA) is 12.0 Å². The van der Waals surface area contributed by atoms with Crippen molar-refractivity contribution in [3.05, 3.63) is 69.4 Å². The van der Waals surface area contributed by atoms with Gasteiger partial charge in [-0.15, -0.1) is 0 Å². The lowest BCUT2D eigenvalue weighted by Crippen LogP contribution is -2.23. The molecule has 0 aliphatic carbocycles. The molecule has 0 spiro atoms. The van der Waals surface area contributed by atoms with E-state index >= 15 is 0 Å². The SMILES string of the molecule is CCCNC(c1cc(F)cc(Br)c1)c1cccc(CC)c1. The van der Waals surface area contributed by atoms with E-state index in [1.807, 2.05) is 6.07 Å². The van der Waals surface area contributed by atoms with Crippen LogP contribution < -0.4 is 5.32 Å². The van der Waals surface area contributed by atoms with Gasteiger partial charge in [0.15, 0.2) is 0 Å². The first-order chi connectivity index (χ1) is 10.1. The molecule has 0 heterocycles. The molecule has 0 aliphatic heterocycles. The highest BCUT2D eigenvalue weighted by Crippen LogP contribution is 2.26. The summed E-state index contributed by atoms with van der Waals surface area (Å²) >= 11 is 3.38. The summed E-state index contributed by atoms with van der Waals surface area (Å²) in [6, 6.07) is 13.6. The molecule has 0 bridgehead atoms. The fourth-order valence-electron chi connectivity index (χ4n) is 2.45.